The molecule has 1 amide bonds. The number of aliphatic carboxylic acids is 1. The molecule has 0 aromatic heterocycles. The van der Waals surface area contributed by atoms with Gasteiger partial charge in [-0.2, -0.15) is 13.2 Å². The molecule has 2 rings (SSSR count). The van der Waals surface area contributed by atoms with Gasteiger partial charge in [-0.3, -0.25) is 9.63 Å². The van der Waals surface area contributed by atoms with Crippen molar-refractivity contribution in [2.45, 2.75) is 12.3 Å². The molecule has 9 heteroatoms. The average Bonchev–Trinajstić information content (AvgIpc) is 2.37. The summed E-state index contributed by atoms with van der Waals surface area (Å²) in [6, 6.07) is 9.00. The largest absolute Gasteiger partial charge is 0.490 e. The van der Waals surface area contributed by atoms with Crippen molar-refractivity contribution < 1.29 is 32.7 Å². The second-order valence-electron chi connectivity index (χ2n) is 4.00. The monoisotopic (exact) mass is 306 g/mol. The summed E-state index contributed by atoms with van der Waals surface area (Å²) in [4.78, 5) is 25.5. The number of hydrogen-bond acceptors (Lipinski definition) is 4. The van der Waals surface area contributed by atoms with E-state index in [1.54, 1.807) is 12.1 Å². The summed E-state index contributed by atoms with van der Waals surface area (Å²) < 4.78 is 31.7. The SMILES string of the molecule is O=C(NOC1CNC1)c1ccccc1.O=C(O)C(F)(F)F. The van der Waals surface area contributed by atoms with Crippen LogP contribution in [0.15, 0.2) is 30.3 Å². The van der Waals surface area contributed by atoms with E-state index in [4.69, 9.17) is 14.7 Å². The van der Waals surface area contributed by atoms with Gasteiger partial charge in [0.25, 0.3) is 5.91 Å². The van der Waals surface area contributed by atoms with Crippen LogP contribution in [0, 0.1) is 0 Å². The highest BCUT2D eigenvalue weighted by Crippen LogP contribution is 2.13. The van der Waals surface area contributed by atoms with Crippen LogP contribution >= 0.6 is 0 Å². The molecule has 0 spiro atoms. The third-order valence-electron chi connectivity index (χ3n) is 2.34. The molecule has 0 bridgehead atoms. The topological polar surface area (TPSA) is 87.7 Å². The average molecular weight is 306 g/mol. The zero-order valence-corrected chi connectivity index (χ0v) is 10.7. The standard InChI is InChI=1S/C10H12N2O2.C2HF3O2/c13-10(8-4-2-1-3-5-8)12-14-9-6-11-7-9;3-2(4,5)1(6)7/h1-5,9,11H,6-7H2,(H,12,13);(H,6,7). The molecule has 1 aromatic rings. The fourth-order valence-corrected chi connectivity index (χ4v) is 1.13. The summed E-state index contributed by atoms with van der Waals surface area (Å²) in [5, 5.41) is 10.2. The smallest absolute Gasteiger partial charge is 0.475 e. The predicted molar refractivity (Wildman–Crippen MR) is 65.3 cm³/mol. The van der Waals surface area contributed by atoms with Gasteiger partial charge < -0.3 is 10.4 Å². The van der Waals surface area contributed by atoms with Gasteiger partial charge in [-0.15, -0.1) is 0 Å². The van der Waals surface area contributed by atoms with Gasteiger partial charge in [0, 0.05) is 18.7 Å². The molecule has 1 saturated heterocycles. The normalized spacial score (nSPS) is 14.4. The summed E-state index contributed by atoms with van der Waals surface area (Å²) >= 11 is 0. The number of hydrogen-bond donors (Lipinski definition) is 3. The summed E-state index contributed by atoms with van der Waals surface area (Å²) in [6.07, 6.45) is -4.97. The molecular weight excluding hydrogens is 293 g/mol. The Morgan fingerprint density at radius 2 is 1.76 bits per heavy atom. The Balaban J connectivity index is 0.000000270. The summed E-state index contributed by atoms with van der Waals surface area (Å²) in [5.74, 6) is -2.95. The minimum atomic E-state index is -5.08. The van der Waals surface area contributed by atoms with Crippen LogP contribution in [0.1, 0.15) is 10.4 Å². The highest BCUT2D eigenvalue weighted by atomic mass is 19.4. The number of carboxylic acid groups (broad SMARTS) is 1. The fourth-order valence-electron chi connectivity index (χ4n) is 1.13. The van der Waals surface area contributed by atoms with Crippen molar-refractivity contribution in [2.24, 2.45) is 0 Å². The first-order chi connectivity index (χ1) is 9.80. The Morgan fingerprint density at radius 1 is 1.24 bits per heavy atom. The molecule has 1 aliphatic rings. The van der Waals surface area contributed by atoms with Gasteiger partial charge >= 0.3 is 12.1 Å². The van der Waals surface area contributed by atoms with Crippen LogP contribution in [-0.2, 0) is 9.63 Å². The second kappa shape index (κ2) is 7.60. The van der Waals surface area contributed by atoms with Crippen LogP contribution in [0.5, 0.6) is 0 Å². The van der Waals surface area contributed by atoms with Gasteiger partial charge in [-0.1, -0.05) is 18.2 Å². The van der Waals surface area contributed by atoms with E-state index >= 15 is 0 Å². The first kappa shape index (κ1) is 16.9. The van der Waals surface area contributed by atoms with E-state index in [2.05, 4.69) is 10.8 Å². The van der Waals surface area contributed by atoms with Crippen molar-refractivity contribution >= 4 is 11.9 Å². The number of hydroxylamine groups is 1. The lowest BCUT2D eigenvalue weighted by Crippen LogP contribution is -2.51. The molecule has 1 aliphatic heterocycles. The van der Waals surface area contributed by atoms with Crippen molar-refractivity contribution in [2.75, 3.05) is 13.1 Å². The van der Waals surface area contributed by atoms with Crippen LogP contribution in [0.4, 0.5) is 13.2 Å². The van der Waals surface area contributed by atoms with E-state index < -0.39 is 12.1 Å². The fraction of sp³-hybridized carbons (Fsp3) is 0.333. The first-order valence-corrected chi connectivity index (χ1v) is 5.82. The maximum atomic E-state index is 11.4. The maximum absolute atomic E-state index is 11.4. The number of amides is 1. The Hall–Kier alpha value is -2.13. The number of halogens is 3. The van der Waals surface area contributed by atoms with E-state index in [-0.39, 0.29) is 12.0 Å². The maximum Gasteiger partial charge on any atom is 0.490 e. The zero-order valence-electron chi connectivity index (χ0n) is 10.7. The molecule has 0 atom stereocenters. The predicted octanol–water partition coefficient (Wildman–Crippen LogP) is 0.953. The van der Waals surface area contributed by atoms with Crippen LogP contribution in [0.25, 0.3) is 0 Å². The third-order valence-corrected chi connectivity index (χ3v) is 2.34. The van der Waals surface area contributed by atoms with Gasteiger partial charge in [-0.25, -0.2) is 10.3 Å². The van der Waals surface area contributed by atoms with Gasteiger partial charge in [0.2, 0.25) is 0 Å². The molecule has 6 nitrogen and oxygen atoms in total. The Kier molecular flexibility index (Phi) is 6.12. The Morgan fingerprint density at radius 3 is 2.14 bits per heavy atom. The van der Waals surface area contributed by atoms with Crippen molar-refractivity contribution in [3.63, 3.8) is 0 Å². The molecule has 1 aromatic carbocycles. The lowest BCUT2D eigenvalue weighted by molar-refractivity contribution is -0.192. The minimum Gasteiger partial charge on any atom is -0.475 e. The van der Waals surface area contributed by atoms with Gasteiger partial charge in [0.1, 0.15) is 6.10 Å². The number of rotatable bonds is 3. The van der Waals surface area contributed by atoms with Crippen molar-refractivity contribution in [1.82, 2.24) is 10.8 Å². The van der Waals surface area contributed by atoms with E-state index in [1.165, 1.54) is 0 Å². The summed E-state index contributed by atoms with van der Waals surface area (Å²) in [5.41, 5.74) is 3.03. The quantitative estimate of drug-likeness (QED) is 0.724. The molecule has 1 heterocycles. The summed E-state index contributed by atoms with van der Waals surface area (Å²) in [7, 11) is 0. The molecule has 21 heavy (non-hydrogen) atoms. The molecule has 0 saturated carbocycles. The van der Waals surface area contributed by atoms with Gasteiger partial charge in [0.15, 0.2) is 0 Å². The molecule has 0 aliphatic carbocycles. The van der Waals surface area contributed by atoms with Gasteiger partial charge in [-0.05, 0) is 12.1 Å². The highest BCUT2D eigenvalue weighted by Gasteiger charge is 2.38. The van der Waals surface area contributed by atoms with E-state index in [1.807, 2.05) is 18.2 Å². The van der Waals surface area contributed by atoms with Crippen LogP contribution in [-0.4, -0.2) is 42.4 Å². The Bertz CT molecular complexity index is 475. The lowest BCUT2D eigenvalue weighted by Gasteiger charge is -2.26. The van der Waals surface area contributed by atoms with Crippen LogP contribution in [0.2, 0.25) is 0 Å². The number of carboxylic acids is 1. The minimum absolute atomic E-state index is 0.114. The number of carbonyl (C=O) groups excluding carboxylic acids is 1. The molecule has 3 N–H and O–H groups in total. The molecule has 1 fully saturated rings. The molecule has 116 valence electrons. The van der Waals surface area contributed by atoms with Gasteiger partial charge in [0.05, 0.1) is 0 Å². The van der Waals surface area contributed by atoms with Crippen molar-refractivity contribution in [3.8, 4) is 0 Å². The van der Waals surface area contributed by atoms with Crippen molar-refractivity contribution in [1.29, 1.82) is 0 Å². The van der Waals surface area contributed by atoms with E-state index in [0.29, 0.717) is 5.56 Å². The van der Waals surface area contributed by atoms with E-state index in [9.17, 15) is 18.0 Å². The highest BCUT2D eigenvalue weighted by molar-refractivity contribution is 5.93. The van der Waals surface area contributed by atoms with E-state index in [0.717, 1.165) is 13.1 Å². The first-order valence-electron chi connectivity index (χ1n) is 5.82. The second-order valence-corrected chi connectivity index (χ2v) is 4.00. The molecule has 0 radical (unpaired) electrons. The Labute approximate surface area is 117 Å². The lowest BCUT2D eigenvalue weighted by atomic mass is 10.2. The van der Waals surface area contributed by atoms with Crippen LogP contribution in [0.3, 0.4) is 0 Å². The van der Waals surface area contributed by atoms with Crippen molar-refractivity contribution in [3.05, 3.63) is 35.9 Å². The summed E-state index contributed by atoms with van der Waals surface area (Å²) in [6.45, 7) is 1.60. The molecular formula is C12H13F3N2O4. The number of nitrogens with one attached hydrogen (secondary N) is 2. The third kappa shape index (κ3) is 6.23. The zero-order chi connectivity index (χ0) is 15.9. The number of benzene rings is 1. The van der Waals surface area contributed by atoms with Crippen LogP contribution < -0.4 is 10.8 Å². The number of alkyl halides is 3. The molecule has 0 unspecified atom stereocenters. The number of carbonyl (C=O) groups is 2.